The zero-order valence-electron chi connectivity index (χ0n) is 34.4. The van der Waals surface area contributed by atoms with Gasteiger partial charge in [-0.3, -0.25) is 29.0 Å². The van der Waals surface area contributed by atoms with Crippen LogP contribution < -0.4 is 0 Å². The van der Waals surface area contributed by atoms with Crippen molar-refractivity contribution in [2.75, 3.05) is 13.1 Å². The Balaban J connectivity index is 1.15. The van der Waals surface area contributed by atoms with Crippen LogP contribution in [0.4, 0.5) is 43.9 Å². The number of rotatable bonds is 8. The number of halogens is 10. The predicted octanol–water partition coefficient (Wildman–Crippen LogP) is 12.1. The molecule has 0 fully saturated rings. The Labute approximate surface area is 375 Å². The van der Waals surface area contributed by atoms with E-state index in [2.05, 4.69) is 0 Å². The van der Waals surface area contributed by atoms with Crippen LogP contribution in [-0.2, 0) is 12.8 Å². The average molecular weight is 931 g/mol. The highest BCUT2D eigenvalue weighted by Crippen LogP contribution is 2.52. The first-order valence-electron chi connectivity index (χ1n) is 20.7. The smallest absolute Gasteiger partial charge is 0.261 e. The molecule has 6 nitrogen and oxygen atoms in total. The van der Waals surface area contributed by atoms with E-state index in [1.807, 2.05) is 0 Å². The summed E-state index contributed by atoms with van der Waals surface area (Å²) in [6.07, 6.45) is -1.84. The van der Waals surface area contributed by atoms with Gasteiger partial charge in [-0.25, -0.2) is 43.9 Å². The highest BCUT2D eigenvalue weighted by Gasteiger charge is 2.40. The molecule has 0 N–H and O–H groups in total. The van der Waals surface area contributed by atoms with Crippen molar-refractivity contribution in [2.45, 2.75) is 12.8 Å². The van der Waals surface area contributed by atoms with Gasteiger partial charge in [-0.1, -0.05) is 72.8 Å². The van der Waals surface area contributed by atoms with Crippen LogP contribution in [0, 0.1) is 58.2 Å². The maximum absolute atomic E-state index is 14.8. The van der Waals surface area contributed by atoms with Crippen LogP contribution in [0.25, 0.3) is 65.3 Å². The summed E-state index contributed by atoms with van der Waals surface area (Å²) in [5.41, 5.74) is -0.545. The van der Waals surface area contributed by atoms with Crippen LogP contribution in [0.5, 0.6) is 0 Å². The van der Waals surface area contributed by atoms with Crippen molar-refractivity contribution in [2.24, 2.45) is 0 Å². The predicted molar refractivity (Wildman–Crippen MR) is 229 cm³/mol. The first kappa shape index (κ1) is 42.5. The lowest BCUT2D eigenvalue weighted by atomic mass is 9.78. The molecule has 0 atom stereocenters. The van der Waals surface area contributed by atoms with E-state index in [0.717, 1.165) is 0 Å². The average Bonchev–Trinajstić information content (AvgIpc) is 3.36. The first-order chi connectivity index (χ1) is 32.6. The molecule has 336 valence electrons. The number of carbonyl (C=O) groups excluding carboxylic acids is 4. The van der Waals surface area contributed by atoms with Gasteiger partial charge in [0.1, 0.15) is 0 Å². The minimum absolute atomic E-state index is 0.0262. The van der Waals surface area contributed by atoms with Crippen LogP contribution in [0.3, 0.4) is 0 Å². The summed E-state index contributed by atoms with van der Waals surface area (Å²) in [6.45, 7) is -1.54. The summed E-state index contributed by atoms with van der Waals surface area (Å²) in [6, 6.07) is 26.5. The van der Waals surface area contributed by atoms with Crippen LogP contribution in [0.15, 0.2) is 97.1 Å². The highest BCUT2D eigenvalue weighted by molar-refractivity contribution is 6.44. The summed E-state index contributed by atoms with van der Waals surface area (Å²) < 4.78 is 144. The number of hydrogen-bond acceptors (Lipinski definition) is 4. The van der Waals surface area contributed by atoms with E-state index in [4.69, 9.17) is 0 Å². The van der Waals surface area contributed by atoms with Crippen molar-refractivity contribution >= 4 is 66.7 Å². The van der Waals surface area contributed by atoms with Gasteiger partial charge >= 0.3 is 0 Å². The van der Waals surface area contributed by atoms with Crippen LogP contribution >= 0.6 is 0 Å². The molecule has 0 saturated carbocycles. The van der Waals surface area contributed by atoms with E-state index >= 15 is 0 Å². The Kier molecular flexibility index (Phi) is 9.50. The molecule has 0 bridgehead atoms. The van der Waals surface area contributed by atoms with Gasteiger partial charge in [-0.15, -0.1) is 0 Å². The third-order valence-electron chi connectivity index (χ3n) is 12.9. The normalized spacial score (nSPS) is 13.7. The molecule has 0 unspecified atom stereocenters. The molecule has 11 rings (SSSR count). The van der Waals surface area contributed by atoms with Crippen molar-refractivity contribution in [1.29, 1.82) is 0 Å². The SMILES string of the molecule is O=C1c2ccc3c4c(-c5ccccc5)cc5c6c(ccc(c7c(-c8ccccc8)cc(c2c37)C(=O)N1CCc1c(F)c(F)c(F)c(F)c1F)c64)C(=O)N(CCc1c(F)c(F)c(F)c(F)c1F)C5=O. The van der Waals surface area contributed by atoms with Crippen molar-refractivity contribution in [3.05, 3.63) is 189 Å². The molecular weight excluding hydrogens is 907 g/mol. The molecule has 0 saturated heterocycles. The van der Waals surface area contributed by atoms with Gasteiger partial charge in [0.2, 0.25) is 11.6 Å². The first-order valence-corrected chi connectivity index (χ1v) is 20.7. The molecule has 9 aromatic rings. The summed E-state index contributed by atoms with van der Waals surface area (Å²) in [4.78, 5) is 59.4. The van der Waals surface area contributed by atoms with Gasteiger partial charge in [0.25, 0.3) is 23.6 Å². The molecule has 68 heavy (non-hydrogen) atoms. The lowest BCUT2D eigenvalue weighted by Gasteiger charge is -2.32. The topological polar surface area (TPSA) is 74.8 Å². The fraction of sp³-hybridized carbons (Fsp3) is 0.0769. The van der Waals surface area contributed by atoms with E-state index in [-0.39, 0.29) is 33.0 Å². The largest absolute Gasteiger partial charge is 0.274 e. The maximum atomic E-state index is 14.8. The molecule has 4 amide bonds. The van der Waals surface area contributed by atoms with E-state index in [1.165, 1.54) is 24.3 Å². The number of amides is 4. The Bertz CT molecular complexity index is 3480. The third kappa shape index (κ3) is 5.78. The van der Waals surface area contributed by atoms with E-state index in [9.17, 15) is 63.1 Å². The lowest BCUT2D eigenvalue weighted by molar-refractivity contribution is 0.0596. The van der Waals surface area contributed by atoms with Crippen LogP contribution in [-0.4, -0.2) is 46.5 Å². The molecule has 16 heteroatoms. The number of nitrogens with zero attached hydrogens (tertiary/aromatic N) is 2. The summed E-state index contributed by atoms with van der Waals surface area (Å²) in [7, 11) is 0. The molecule has 2 aliphatic rings. The van der Waals surface area contributed by atoms with E-state index in [0.29, 0.717) is 64.4 Å². The van der Waals surface area contributed by atoms with Gasteiger partial charge in [-0.2, -0.15) is 0 Å². The molecule has 0 radical (unpaired) electrons. The second kappa shape index (κ2) is 15.2. The van der Waals surface area contributed by atoms with Gasteiger partial charge in [0.05, 0.1) is 0 Å². The minimum atomic E-state index is -2.36. The Morgan fingerprint density at radius 1 is 0.309 bits per heavy atom. The molecule has 2 heterocycles. The number of imide groups is 2. The maximum Gasteiger partial charge on any atom is 0.261 e. The minimum Gasteiger partial charge on any atom is -0.274 e. The van der Waals surface area contributed by atoms with Crippen molar-refractivity contribution in [1.82, 2.24) is 9.80 Å². The van der Waals surface area contributed by atoms with Gasteiger partial charge in [0.15, 0.2) is 46.5 Å². The molecule has 0 aliphatic carbocycles. The highest BCUT2D eigenvalue weighted by atomic mass is 19.2. The summed E-state index contributed by atoms with van der Waals surface area (Å²) in [5, 5.41) is 3.05. The fourth-order valence-corrected chi connectivity index (χ4v) is 9.85. The van der Waals surface area contributed by atoms with Crippen molar-refractivity contribution in [3.63, 3.8) is 0 Å². The monoisotopic (exact) mass is 930 g/mol. The quantitative estimate of drug-likeness (QED) is 0.0380. The number of benzene rings is 9. The summed E-state index contributed by atoms with van der Waals surface area (Å²) >= 11 is 0. The van der Waals surface area contributed by atoms with Gasteiger partial charge < -0.3 is 0 Å². The van der Waals surface area contributed by atoms with Gasteiger partial charge in [-0.05, 0) is 91.7 Å². The Morgan fingerprint density at radius 3 is 0.956 bits per heavy atom. The van der Waals surface area contributed by atoms with Crippen molar-refractivity contribution in [3.8, 4) is 22.3 Å². The molecule has 0 spiro atoms. The Hall–Kier alpha value is -8.14. The van der Waals surface area contributed by atoms with Crippen LogP contribution in [0.2, 0.25) is 0 Å². The number of fused-ring (bicyclic) bond motifs is 2. The summed E-state index contributed by atoms with van der Waals surface area (Å²) in [5.74, 6) is -25.5. The van der Waals surface area contributed by atoms with E-state index < -0.39 is 119 Å². The standard InChI is InChI=1S/C52H24F10N2O4/c53-39-27(40(54)44(58)47(61)43(39)57)15-17-63-49(65)25-14-12-24-34-30(22-9-5-2-6-10-22)20-32-36-26(50(66)64(52(32)68)18-16-28-41(55)45(59)48(62)46(60)42(28)56)13-11-23(38(34)36)33-29(21-7-3-1-4-8-21)19-31(51(63)67)35(25)37(24)33/h1-14,19-20H,15-18H2. The Morgan fingerprint density at radius 2 is 0.618 bits per heavy atom. The number of carbonyl (C=O) groups is 4. The van der Waals surface area contributed by atoms with Gasteiger partial charge in [0, 0.05) is 57.2 Å². The fourth-order valence-electron chi connectivity index (χ4n) is 9.85. The number of hydrogen-bond donors (Lipinski definition) is 0. The van der Waals surface area contributed by atoms with Crippen molar-refractivity contribution < 1.29 is 63.1 Å². The molecule has 9 aromatic carbocycles. The zero-order chi connectivity index (χ0) is 47.8. The third-order valence-corrected chi connectivity index (χ3v) is 12.9. The molecule has 0 aromatic heterocycles. The lowest BCUT2D eigenvalue weighted by Crippen LogP contribution is -2.42. The second-order valence-corrected chi connectivity index (χ2v) is 16.4. The zero-order valence-corrected chi connectivity index (χ0v) is 34.4. The molecule has 2 aliphatic heterocycles. The second-order valence-electron chi connectivity index (χ2n) is 16.4. The molecular formula is C52H24F10N2O4. The van der Waals surface area contributed by atoms with Crippen LogP contribution in [0.1, 0.15) is 52.6 Å². The van der Waals surface area contributed by atoms with E-state index in [1.54, 1.807) is 72.8 Å².